The number of amides is 2. The molecule has 2 amide bonds. The maximum absolute atomic E-state index is 13.3. The molecule has 0 radical (unpaired) electrons. The second-order valence-corrected chi connectivity index (χ2v) is 7.25. The van der Waals surface area contributed by atoms with Crippen LogP contribution in [-0.4, -0.2) is 35.8 Å². The molecule has 0 saturated carbocycles. The summed E-state index contributed by atoms with van der Waals surface area (Å²) in [6.07, 6.45) is 1.58. The number of ether oxygens (including phenoxy) is 1. The number of rotatable bonds is 7. The predicted molar refractivity (Wildman–Crippen MR) is 121 cm³/mol. The Hall–Kier alpha value is -2.87. The number of para-hydroxylation sites is 2. The number of anilines is 4. The molecule has 9 heteroatoms. The smallest absolute Gasteiger partial charge is 0.332 e. The van der Waals surface area contributed by atoms with Crippen LogP contribution in [0.15, 0.2) is 60.8 Å². The van der Waals surface area contributed by atoms with E-state index >= 15 is 0 Å². The van der Waals surface area contributed by atoms with Gasteiger partial charge >= 0.3 is 6.03 Å². The molecule has 2 N–H and O–H groups in total. The fourth-order valence-corrected chi connectivity index (χ4v) is 3.26. The number of hydrogen-bond acceptors (Lipinski definition) is 5. The lowest BCUT2D eigenvalue weighted by molar-refractivity contribution is 0.190. The van der Waals surface area contributed by atoms with Gasteiger partial charge in [0.15, 0.2) is 0 Å². The zero-order valence-electron chi connectivity index (χ0n) is 16.5. The lowest BCUT2D eigenvalue weighted by atomic mass is 10.3. The Bertz CT molecular complexity index is 983. The van der Waals surface area contributed by atoms with Crippen LogP contribution in [0.4, 0.5) is 27.9 Å². The highest BCUT2D eigenvalue weighted by atomic mass is 35.5. The second-order valence-electron chi connectivity index (χ2n) is 6.44. The maximum atomic E-state index is 13.3. The number of carbonyl (C=O) groups excluding carboxylic acids is 1. The van der Waals surface area contributed by atoms with E-state index in [1.807, 2.05) is 25.1 Å². The molecule has 0 aliphatic rings. The van der Waals surface area contributed by atoms with Crippen LogP contribution in [0.25, 0.3) is 0 Å². The van der Waals surface area contributed by atoms with Crippen LogP contribution in [-0.2, 0) is 4.74 Å². The van der Waals surface area contributed by atoms with Crippen molar-refractivity contribution in [3.63, 3.8) is 0 Å². The number of methoxy groups -OCH3 is 1. The van der Waals surface area contributed by atoms with Gasteiger partial charge in [0.25, 0.3) is 0 Å². The quantitative estimate of drug-likeness (QED) is 0.494. The number of carbonyl (C=O) groups is 1. The van der Waals surface area contributed by atoms with Crippen molar-refractivity contribution in [2.75, 3.05) is 29.3 Å². The van der Waals surface area contributed by atoms with Crippen molar-refractivity contribution in [1.82, 2.24) is 9.97 Å². The molecule has 2 aromatic carbocycles. The lowest BCUT2D eigenvalue weighted by Gasteiger charge is -2.23. The molecule has 1 unspecified atom stereocenters. The van der Waals surface area contributed by atoms with Crippen LogP contribution in [0.2, 0.25) is 10.0 Å². The Morgan fingerprint density at radius 1 is 1.10 bits per heavy atom. The van der Waals surface area contributed by atoms with E-state index in [-0.39, 0.29) is 6.04 Å². The monoisotopic (exact) mass is 445 g/mol. The Morgan fingerprint density at radius 3 is 2.47 bits per heavy atom. The van der Waals surface area contributed by atoms with E-state index in [2.05, 4.69) is 20.6 Å². The van der Waals surface area contributed by atoms with E-state index in [1.165, 1.54) is 4.90 Å². The van der Waals surface area contributed by atoms with E-state index in [9.17, 15) is 4.79 Å². The fraction of sp³-hybridized carbons (Fsp3) is 0.190. The van der Waals surface area contributed by atoms with Gasteiger partial charge in [-0.25, -0.2) is 14.7 Å². The first-order valence-corrected chi connectivity index (χ1v) is 9.94. The molecule has 30 heavy (non-hydrogen) atoms. The Balaban J connectivity index is 1.95. The standard InChI is InChI=1S/C21H21Cl2N5O2/c1-14(13-30-2)25-20-24-12-11-18(26-20)28(15-7-4-3-5-8-15)21(29)27-19-16(22)9-6-10-17(19)23/h3-12,14H,13H2,1-2H3,(H,27,29)(H,24,25,26). The summed E-state index contributed by atoms with van der Waals surface area (Å²) in [5.74, 6) is 0.755. The summed E-state index contributed by atoms with van der Waals surface area (Å²) >= 11 is 12.4. The van der Waals surface area contributed by atoms with Gasteiger partial charge < -0.3 is 15.4 Å². The van der Waals surface area contributed by atoms with Crippen molar-refractivity contribution in [3.05, 3.63) is 70.8 Å². The van der Waals surface area contributed by atoms with E-state index < -0.39 is 6.03 Å². The van der Waals surface area contributed by atoms with Gasteiger partial charge in [-0.05, 0) is 31.2 Å². The third-order valence-electron chi connectivity index (χ3n) is 4.07. The molecule has 0 saturated heterocycles. The number of nitrogens with one attached hydrogen (secondary N) is 2. The van der Waals surface area contributed by atoms with Crippen LogP contribution >= 0.6 is 23.2 Å². The Labute approximate surface area is 185 Å². The van der Waals surface area contributed by atoms with Crippen LogP contribution in [0.5, 0.6) is 0 Å². The Morgan fingerprint density at radius 2 is 1.80 bits per heavy atom. The minimum absolute atomic E-state index is 0.00816. The van der Waals surface area contributed by atoms with Crippen LogP contribution in [0, 0.1) is 0 Å². The first kappa shape index (κ1) is 21.8. The summed E-state index contributed by atoms with van der Waals surface area (Å²) in [5, 5.41) is 6.60. The van der Waals surface area contributed by atoms with Crippen LogP contribution < -0.4 is 15.5 Å². The fourth-order valence-electron chi connectivity index (χ4n) is 2.77. The first-order valence-electron chi connectivity index (χ1n) is 9.18. The van der Waals surface area contributed by atoms with Gasteiger partial charge in [0.05, 0.1) is 28.0 Å². The highest BCUT2D eigenvalue weighted by molar-refractivity contribution is 6.40. The predicted octanol–water partition coefficient (Wildman–Crippen LogP) is 5.60. The van der Waals surface area contributed by atoms with E-state index in [0.29, 0.717) is 39.8 Å². The van der Waals surface area contributed by atoms with Gasteiger partial charge in [0, 0.05) is 25.4 Å². The molecule has 1 heterocycles. The van der Waals surface area contributed by atoms with Crippen LogP contribution in [0.1, 0.15) is 6.92 Å². The molecule has 3 aromatic rings. The number of benzene rings is 2. The second kappa shape index (κ2) is 10.2. The van der Waals surface area contributed by atoms with Crippen molar-refractivity contribution in [2.45, 2.75) is 13.0 Å². The van der Waals surface area contributed by atoms with E-state index in [1.54, 1.807) is 49.7 Å². The summed E-state index contributed by atoms with van der Waals surface area (Å²) in [7, 11) is 1.62. The van der Waals surface area contributed by atoms with Crippen molar-refractivity contribution in [3.8, 4) is 0 Å². The number of hydrogen-bond donors (Lipinski definition) is 2. The van der Waals surface area contributed by atoms with E-state index in [4.69, 9.17) is 27.9 Å². The zero-order valence-corrected chi connectivity index (χ0v) is 18.0. The summed E-state index contributed by atoms with van der Waals surface area (Å²) in [4.78, 5) is 23.4. The molecule has 0 aliphatic carbocycles. The highest BCUT2D eigenvalue weighted by Gasteiger charge is 2.22. The third-order valence-corrected chi connectivity index (χ3v) is 4.70. The SMILES string of the molecule is COCC(C)Nc1nccc(N(C(=O)Nc2c(Cl)cccc2Cl)c2ccccc2)n1. The number of halogens is 2. The number of aromatic nitrogens is 2. The number of nitrogens with zero attached hydrogens (tertiary/aromatic N) is 3. The third kappa shape index (κ3) is 5.38. The van der Waals surface area contributed by atoms with Gasteiger partial charge in [0.1, 0.15) is 5.82 Å². The van der Waals surface area contributed by atoms with Crippen molar-refractivity contribution in [1.29, 1.82) is 0 Å². The molecule has 0 spiro atoms. The van der Waals surface area contributed by atoms with Crippen molar-refractivity contribution in [2.24, 2.45) is 0 Å². The minimum atomic E-state index is -0.467. The molecule has 7 nitrogen and oxygen atoms in total. The molecule has 156 valence electrons. The van der Waals surface area contributed by atoms with Gasteiger partial charge in [-0.3, -0.25) is 0 Å². The summed E-state index contributed by atoms with van der Waals surface area (Å²) in [6, 6.07) is 15.3. The molecule has 1 atom stereocenters. The van der Waals surface area contributed by atoms with Gasteiger partial charge in [-0.15, -0.1) is 0 Å². The molecule has 1 aromatic heterocycles. The molecule has 0 aliphatic heterocycles. The summed E-state index contributed by atoms with van der Waals surface area (Å²) < 4.78 is 5.13. The van der Waals surface area contributed by atoms with Crippen LogP contribution in [0.3, 0.4) is 0 Å². The Kier molecular flexibility index (Phi) is 7.46. The molecular weight excluding hydrogens is 425 g/mol. The average Bonchev–Trinajstić information content (AvgIpc) is 2.72. The molecule has 0 fully saturated rings. The van der Waals surface area contributed by atoms with E-state index in [0.717, 1.165) is 0 Å². The normalized spacial score (nSPS) is 11.6. The highest BCUT2D eigenvalue weighted by Crippen LogP contribution is 2.32. The van der Waals surface area contributed by atoms with Crippen molar-refractivity contribution >= 4 is 52.4 Å². The zero-order chi connectivity index (χ0) is 21.5. The molecular formula is C21H21Cl2N5O2. The van der Waals surface area contributed by atoms with Crippen molar-refractivity contribution < 1.29 is 9.53 Å². The molecule has 3 rings (SSSR count). The minimum Gasteiger partial charge on any atom is -0.383 e. The van der Waals surface area contributed by atoms with Gasteiger partial charge in [-0.1, -0.05) is 47.5 Å². The maximum Gasteiger partial charge on any atom is 0.332 e. The largest absolute Gasteiger partial charge is 0.383 e. The molecule has 0 bridgehead atoms. The summed E-state index contributed by atoms with van der Waals surface area (Å²) in [5.41, 5.74) is 0.945. The summed E-state index contributed by atoms with van der Waals surface area (Å²) in [6.45, 7) is 2.43. The topological polar surface area (TPSA) is 79.4 Å². The average molecular weight is 446 g/mol. The van der Waals surface area contributed by atoms with Gasteiger partial charge in [0.2, 0.25) is 5.95 Å². The van der Waals surface area contributed by atoms with Gasteiger partial charge in [-0.2, -0.15) is 4.98 Å². The number of urea groups is 1. The first-order chi connectivity index (χ1) is 14.5. The lowest BCUT2D eigenvalue weighted by Crippen LogP contribution is -2.32.